The van der Waals surface area contributed by atoms with Crippen molar-refractivity contribution >= 4 is 23.9 Å². The predicted octanol–water partition coefficient (Wildman–Crippen LogP) is 4.88. The number of fused-ring (bicyclic) bond motifs is 1. The molecule has 0 radical (unpaired) electrons. The average molecular weight is 673 g/mol. The summed E-state index contributed by atoms with van der Waals surface area (Å²) in [6.45, 7) is 14.1. The number of carbonyl (C=O) groups excluding carboxylic acids is 4. The number of carbonyl (C=O) groups is 4. The number of amides is 3. The fourth-order valence-corrected chi connectivity index (χ4v) is 7.34. The zero-order valence-electron chi connectivity index (χ0n) is 29.4. The third kappa shape index (κ3) is 8.85. The van der Waals surface area contributed by atoms with Gasteiger partial charge in [-0.05, 0) is 123 Å². The van der Waals surface area contributed by atoms with Crippen molar-refractivity contribution in [3.63, 3.8) is 0 Å². The second-order valence-corrected chi connectivity index (χ2v) is 15.9. The summed E-state index contributed by atoms with van der Waals surface area (Å²) >= 11 is 0. The number of hydrogen-bond donors (Lipinski definition) is 1. The van der Waals surface area contributed by atoms with E-state index in [1.807, 2.05) is 20.8 Å². The number of hydrogen-bond acceptors (Lipinski definition) is 8. The molecule has 2 saturated heterocycles. The molecule has 3 aliphatic heterocycles. The number of benzene rings is 1. The fraction of sp³-hybridized carbons (Fsp3) is 0.722. The SMILES string of the molecule is CC(C)(C)OC(=O)CCC(C(N)=O)N1Cc2cc(C3CCN(C4CC(OC5CCN(C(=O)OC(C)(C)C)CC5)C4)CC3)c(F)cc2C1=O. The third-order valence-electron chi connectivity index (χ3n) is 9.84. The largest absolute Gasteiger partial charge is 0.460 e. The van der Waals surface area contributed by atoms with Gasteiger partial charge in [0.2, 0.25) is 5.91 Å². The molecule has 0 aromatic heterocycles. The molecule has 266 valence electrons. The molecule has 2 N–H and O–H groups in total. The van der Waals surface area contributed by atoms with Crippen molar-refractivity contribution in [1.29, 1.82) is 0 Å². The second kappa shape index (κ2) is 14.3. The quantitative estimate of drug-likeness (QED) is 0.367. The molecule has 3 amide bonds. The summed E-state index contributed by atoms with van der Waals surface area (Å²) in [5.74, 6) is -1.99. The lowest BCUT2D eigenvalue weighted by molar-refractivity contribution is -0.155. The Morgan fingerprint density at radius 3 is 2.12 bits per heavy atom. The van der Waals surface area contributed by atoms with Crippen LogP contribution in [0.25, 0.3) is 0 Å². The predicted molar refractivity (Wildman–Crippen MR) is 177 cm³/mol. The summed E-state index contributed by atoms with van der Waals surface area (Å²) in [5, 5.41) is 0. The summed E-state index contributed by atoms with van der Waals surface area (Å²) in [6.07, 6.45) is 5.35. The van der Waals surface area contributed by atoms with E-state index < -0.39 is 40.8 Å². The first kappa shape index (κ1) is 36.0. The maximum atomic E-state index is 15.5. The molecule has 1 unspecified atom stereocenters. The first-order chi connectivity index (χ1) is 22.5. The van der Waals surface area contributed by atoms with Crippen LogP contribution in [0.4, 0.5) is 9.18 Å². The molecule has 1 aromatic carbocycles. The molecule has 3 heterocycles. The van der Waals surface area contributed by atoms with Crippen molar-refractivity contribution in [2.45, 2.75) is 141 Å². The molecule has 3 fully saturated rings. The monoisotopic (exact) mass is 672 g/mol. The van der Waals surface area contributed by atoms with Crippen molar-refractivity contribution in [2.24, 2.45) is 5.73 Å². The Kier molecular flexibility index (Phi) is 10.7. The van der Waals surface area contributed by atoms with Crippen LogP contribution in [0, 0.1) is 5.82 Å². The summed E-state index contributed by atoms with van der Waals surface area (Å²) in [6, 6.07) is 2.56. The number of halogens is 1. The Bertz CT molecular complexity index is 1370. The van der Waals surface area contributed by atoms with Gasteiger partial charge in [0.15, 0.2) is 0 Å². The number of likely N-dealkylation sites (tertiary alicyclic amines) is 2. The molecule has 48 heavy (non-hydrogen) atoms. The highest BCUT2D eigenvalue weighted by Crippen LogP contribution is 2.38. The molecule has 1 saturated carbocycles. The van der Waals surface area contributed by atoms with Gasteiger partial charge in [-0.1, -0.05) is 6.07 Å². The lowest BCUT2D eigenvalue weighted by atomic mass is 9.83. The molecule has 0 spiro atoms. The smallest absolute Gasteiger partial charge is 0.410 e. The number of esters is 1. The van der Waals surface area contributed by atoms with Crippen molar-refractivity contribution < 1.29 is 37.8 Å². The van der Waals surface area contributed by atoms with Gasteiger partial charge in [-0.15, -0.1) is 0 Å². The van der Waals surface area contributed by atoms with E-state index in [2.05, 4.69) is 4.90 Å². The normalized spacial score (nSPS) is 23.4. The van der Waals surface area contributed by atoms with Gasteiger partial charge < -0.3 is 34.6 Å². The number of piperidine rings is 2. The molecule has 12 heteroatoms. The first-order valence-electron chi connectivity index (χ1n) is 17.5. The van der Waals surface area contributed by atoms with Crippen LogP contribution in [-0.4, -0.2) is 100 Å². The topological polar surface area (TPSA) is 132 Å². The maximum absolute atomic E-state index is 15.5. The van der Waals surface area contributed by atoms with Gasteiger partial charge in [-0.25, -0.2) is 9.18 Å². The van der Waals surface area contributed by atoms with E-state index in [0.717, 1.165) is 51.6 Å². The van der Waals surface area contributed by atoms with E-state index in [1.54, 1.807) is 31.7 Å². The lowest BCUT2D eigenvalue weighted by Gasteiger charge is -2.47. The van der Waals surface area contributed by atoms with Crippen molar-refractivity contribution in [2.75, 3.05) is 26.2 Å². The van der Waals surface area contributed by atoms with Gasteiger partial charge in [0, 0.05) is 37.7 Å². The number of nitrogens with two attached hydrogens (primary N) is 1. The number of primary amides is 1. The number of nitrogens with zero attached hydrogens (tertiary/aromatic N) is 3. The lowest BCUT2D eigenvalue weighted by Crippen LogP contribution is -2.52. The maximum Gasteiger partial charge on any atom is 0.410 e. The standard InChI is InChI=1S/C36H53FN4O7/c1-35(2,3)47-31(42)8-7-30(32(38)43)41-21-23-17-27(29(37)20-28(23)33(41)44)22-9-13-39(14-10-22)24-18-26(19-24)46-25-11-15-40(16-12-25)34(45)48-36(4,5)6/h17,20,22,24-26,30H,7-16,18-19,21H2,1-6H3,(H2,38,43). The van der Waals surface area contributed by atoms with Crippen molar-refractivity contribution in [3.05, 3.63) is 34.6 Å². The minimum Gasteiger partial charge on any atom is -0.460 e. The third-order valence-corrected chi connectivity index (χ3v) is 9.84. The molecule has 1 aliphatic carbocycles. The number of rotatable bonds is 9. The van der Waals surface area contributed by atoms with E-state index in [4.69, 9.17) is 19.9 Å². The molecule has 11 nitrogen and oxygen atoms in total. The van der Waals surface area contributed by atoms with Crippen LogP contribution >= 0.6 is 0 Å². The van der Waals surface area contributed by atoms with Gasteiger partial charge in [0.05, 0.1) is 12.2 Å². The Morgan fingerprint density at radius 2 is 1.54 bits per heavy atom. The van der Waals surface area contributed by atoms with Crippen LogP contribution in [0.3, 0.4) is 0 Å². The molecule has 4 aliphatic rings. The van der Waals surface area contributed by atoms with E-state index >= 15 is 4.39 Å². The molecular weight excluding hydrogens is 619 g/mol. The van der Waals surface area contributed by atoms with E-state index in [1.165, 1.54) is 11.0 Å². The molecule has 5 rings (SSSR count). The summed E-state index contributed by atoms with van der Waals surface area (Å²) < 4.78 is 32.7. The van der Waals surface area contributed by atoms with Gasteiger partial charge in [0.1, 0.15) is 23.1 Å². The van der Waals surface area contributed by atoms with Crippen LogP contribution in [0.5, 0.6) is 0 Å². The van der Waals surface area contributed by atoms with E-state index in [9.17, 15) is 19.2 Å². The van der Waals surface area contributed by atoms with Crippen molar-refractivity contribution in [3.8, 4) is 0 Å². The summed E-state index contributed by atoms with van der Waals surface area (Å²) in [5.41, 5.74) is 6.03. The van der Waals surface area contributed by atoms with Gasteiger partial charge in [0.25, 0.3) is 5.91 Å². The Morgan fingerprint density at radius 1 is 0.917 bits per heavy atom. The van der Waals surface area contributed by atoms with Gasteiger partial charge >= 0.3 is 12.1 Å². The summed E-state index contributed by atoms with van der Waals surface area (Å²) in [7, 11) is 0. The zero-order valence-corrected chi connectivity index (χ0v) is 29.4. The molecular formula is C36H53FN4O7. The van der Waals surface area contributed by atoms with Crippen LogP contribution < -0.4 is 5.73 Å². The highest BCUT2D eigenvalue weighted by atomic mass is 19.1. The molecule has 1 aromatic rings. The van der Waals surface area contributed by atoms with Gasteiger partial charge in [-0.2, -0.15) is 0 Å². The van der Waals surface area contributed by atoms with Crippen LogP contribution in [0.15, 0.2) is 12.1 Å². The minimum absolute atomic E-state index is 0.0390. The first-order valence-corrected chi connectivity index (χ1v) is 17.5. The average Bonchev–Trinajstić information content (AvgIpc) is 3.27. The molecule has 0 bridgehead atoms. The highest BCUT2D eigenvalue weighted by Gasteiger charge is 2.40. The zero-order chi connectivity index (χ0) is 35.0. The second-order valence-electron chi connectivity index (χ2n) is 15.9. The number of ether oxygens (including phenoxy) is 3. The Balaban J connectivity index is 1.08. The van der Waals surface area contributed by atoms with Crippen LogP contribution in [0.1, 0.15) is 120 Å². The van der Waals surface area contributed by atoms with Gasteiger partial charge in [-0.3, -0.25) is 14.4 Å². The Hall–Kier alpha value is -3.25. The molecule has 1 atom stereocenters. The van der Waals surface area contributed by atoms with Crippen molar-refractivity contribution in [1.82, 2.24) is 14.7 Å². The van der Waals surface area contributed by atoms with E-state index in [-0.39, 0.29) is 49.2 Å². The Labute approximate surface area is 283 Å². The fourth-order valence-electron chi connectivity index (χ4n) is 7.34. The minimum atomic E-state index is -0.993. The van der Waals surface area contributed by atoms with Crippen LogP contribution in [-0.2, 0) is 30.3 Å². The van der Waals surface area contributed by atoms with Crippen LogP contribution in [0.2, 0.25) is 0 Å². The summed E-state index contributed by atoms with van der Waals surface area (Å²) in [4.78, 5) is 55.8. The van der Waals surface area contributed by atoms with E-state index in [0.29, 0.717) is 30.3 Å². The highest BCUT2D eigenvalue weighted by molar-refractivity contribution is 6.01.